The fraction of sp³-hybridized carbons (Fsp3) is 0.375. The predicted octanol–water partition coefficient (Wildman–Crippen LogP) is 5.91. The third-order valence-electron chi connectivity index (χ3n) is 5.57. The maximum atomic E-state index is 8.54. The van der Waals surface area contributed by atoms with Crippen molar-refractivity contribution in [1.82, 2.24) is 0 Å². The zero-order chi connectivity index (χ0) is 23.4. The molecule has 1 aromatic heterocycles. The van der Waals surface area contributed by atoms with Crippen molar-refractivity contribution >= 4 is 10.8 Å². The summed E-state index contributed by atoms with van der Waals surface area (Å²) in [6.07, 6.45) is 5.11. The Morgan fingerprint density at radius 1 is 1.08 bits per heavy atom. The summed E-state index contributed by atoms with van der Waals surface area (Å²) in [5.74, 6) is 0.536. The summed E-state index contributed by atoms with van der Waals surface area (Å²) in [7, 11) is 1.76. The van der Waals surface area contributed by atoms with E-state index in [1.54, 1.807) is 24.6 Å². The molecule has 0 spiro atoms. The molecule has 1 heterocycles. The van der Waals surface area contributed by atoms with Gasteiger partial charge in [-0.15, -0.1) is 0 Å². The highest BCUT2D eigenvalue weighted by Crippen LogP contribution is 2.37. The molecule has 3 aromatic rings. The molecule has 0 atom stereocenters. The van der Waals surface area contributed by atoms with Gasteiger partial charge in [-0.3, -0.25) is 0 Å². The summed E-state index contributed by atoms with van der Waals surface area (Å²) in [6.45, 7) is -3.16. The van der Waals surface area contributed by atoms with Gasteiger partial charge in [0.05, 0.1) is 10.9 Å². The molecule has 0 N–H and O–H groups in total. The van der Waals surface area contributed by atoms with Crippen LogP contribution in [0.4, 0.5) is 0 Å². The van der Waals surface area contributed by atoms with E-state index in [0.717, 1.165) is 10.8 Å². The monoisotopic (exact) mass is 337 g/mol. The topological polar surface area (TPSA) is 3.88 Å². The van der Waals surface area contributed by atoms with Crippen LogP contribution in [0.1, 0.15) is 63.5 Å². The second kappa shape index (κ2) is 6.29. The smallest absolute Gasteiger partial charge is 0.200 e. The average Bonchev–Trinajstić information content (AvgIpc) is 3.22. The van der Waals surface area contributed by atoms with Crippen LogP contribution in [0.5, 0.6) is 0 Å². The summed E-state index contributed by atoms with van der Waals surface area (Å²) in [5, 5.41) is 1.80. The SMILES string of the molecule is [2H]c1cc2cc(C3CCCC3)ccc2c(-c2cc(C([2H])([2H])[2H])cc(C([2H])([2H])[2H])c2C)[n+]1C. The molecule has 0 amide bonds. The quantitative estimate of drug-likeness (QED) is 0.511. The van der Waals surface area contributed by atoms with Gasteiger partial charge in [-0.2, -0.15) is 0 Å². The van der Waals surface area contributed by atoms with E-state index in [2.05, 4.69) is 12.1 Å². The Balaban J connectivity index is 2.03. The van der Waals surface area contributed by atoms with Gasteiger partial charge in [-0.05, 0) is 73.6 Å². The van der Waals surface area contributed by atoms with Crippen molar-refractivity contribution in [2.24, 2.45) is 7.05 Å². The molecule has 0 saturated heterocycles. The van der Waals surface area contributed by atoms with Crippen LogP contribution in [0.15, 0.2) is 42.6 Å². The van der Waals surface area contributed by atoms with Gasteiger partial charge in [0.2, 0.25) is 5.69 Å². The first-order valence-corrected chi connectivity index (χ1v) is 8.97. The fourth-order valence-corrected chi connectivity index (χ4v) is 4.13. The number of hydrogen-bond acceptors (Lipinski definition) is 0. The van der Waals surface area contributed by atoms with Crippen molar-refractivity contribution < 1.29 is 14.2 Å². The van der Waals surface area contributed by atoms with E-state index >= 15 is 0 Å². The lowest BCUT2D eigenvalue weighted by Gasteiger charge is -2.14. The molecule has 1 nitrogen and oxygen atoms in total. The van der Waals surface area contributed by atoms with Crippen LogP contribution in [0, 0.1) is 20.6 Å². The molecule has 4 rings (SSSR count). The van der Waals surface area contributed by atoms with Crippen LogP contribution in [0.2, 0.25) is 0 Å². The zero-order valence-corrected chi connectivity index (χ0v) is 14.8. The van der Waals surface area contributed by atoms with Crippen LogP contribution in [-0.2, 0) is 7.05 Å². The van der Waals surface area contributed by atoms with Crippen LogP contribution in [0.25, 0.3) is 22.0 Å². The van der Waals surface area contributed by atoms with Crippen molar-refractivity contribution in [2.75, 3.05) is 0 Å². The standard InChI is InChI=1S/C24H28N/c1-16-13-17(2)18(3)23(14-16)24-22-10-9-20(19-7-5-6-8-19)15-21(22)11-12-25(24)4/h9-15,19H,5-8H2,1-4H3/q+1/i1D3,2D3,12D. The molecule has 0 bridgehead atoms. The number of aryl methyl sites for hydroxylation is 2. The summed E-state index contributed by atoms with van der Waals surface area (Å²) in [5.41, 5.74) is 3.02. The molecule has 1 heteroatoms. The first kappa shape index (κ1) is 10.1. The predicted molar refractivity (Wildman–Crippen MR) is 106 cm³/mol. The van der Waals surface area contributed by atoms with Crippen molar-refractivity contribution in [3.8, 4) is 11.3 Å². The molecule has 1 aliphatic carbocycles. The Bertz CT molecular complexity index is 1190. The third-order valence-corrected chi connectivity index (χ3v) is 5.57. The van der Waals surface area contributed by atoms with E-state index in [0.29, 0.717) is 22.7 Å². The number of aromatic nitrogens is 1. The molecule has 128 valence electrons. The van der Waals surface area contributed by atoms with E-state index in [4.69, 9.17) is 9.60 Å². The van der Waals surface area contributed by atoms with Crippen LogP contribution in [0.3, 0.4) is 0 Å². The second-order valence-corrected chi connectivity index (χ2v) is 7.21. The molecular weight excluding hydrogens is 302 g/mol. The molecule has 25 heavy (non-hydrogen) atoms. The molecule has 2 aromatic carbocycles. The Labute approximate surface area is 161 Å². The minimum absolute atomic E-state index is 0.00432. The van der Waals surface area contributed by atoms with E-state index in [1.807, 2.05) is 12.1 Å². The van der Waals surface area contributed by atoms with Gasteiger partial charge in [0.1, 0.15) is 8.42 Å². The van der Waals surface area contributed by atoms with E-state index in [1.165, 1.54) is 37.3 Å². The molecule has 1 saturated carbocycles. The van der Waals surface area contributed by atoms with Crippen molar-refractivity contribution in [2.45, 2.75) is 52.2 Å². The molecule has 0 radical (unpaired) electrons. The van der Waals surface area contributed by atoms with E-state index in [-0.39, 0.29) is 17.3 Å². The van der Waals surface area contributed by atoms with Gasteiger partial charge in [-0.1, -0.05) is 36.6 Å². The molecule has 1 fully saturated rings. The Hall–Kier alpha value is -2.15. The average molecular weight is 338 g/mol. The maximum Gasteiger partial charge on any atom is 0.220 e. The van der Waals surface area contributed by atoms with Crippen molar-refractivity contribution in [3.63, 3.8) is 0 Å². The number of pyridine rings is 1. The lowest BCUT2D eigenvalue weighted by atomic mass is 9.92. The number of rotatable bonds is 2. The molecule has 0 aliphatic heterocycles. The van der Waals surface area contributed by atoms with Gasteiger partial charge in [-0.25, -0.2) is 4.57 Å². The summed E-state index contributed by atoms with van der Waals surface area (Å²) in [4.78, 5) is 0. The minimum Gasteiger partial charge on any atom is -0.200 e. The van der Waals surface area contributed by atoms with Gasteiger partial charge < -0.3 is 0 Å². The summed E-state index contributed by atoms with van der Waals surface area (Å²) >= 11 is 0. The number of fused-ring (bicyclic) bond motifs is 1. The Kier molecular flexibility index (Phi) is 2.54. The largest absolute Gasteiger partial charge is 0.220 e. The van der Waals surface area contributed by atoms with Gasteiger partial charge >= 0.3 is 0 Å². The van der Waals surface area contributed by atoms with Crippen LogP contribution in [-0.4, -0.2) is 0 Å². The molecule has 0 unspecified atom stereocenters. The minimum atomic E-state index is -2.44. The summed E-state index contributed by atoms with van der Waals surface area (Å²) < 4.78 is 57.8. The first-order chi connectivity index (χ1) is 14.9. The van der Waals surface area contributed by atoms with E-state index in [9.17, 15) is 0 Å². The van der Waals surface area contributed by atoms with Crippen LogP contribution >= 0.6 is 0 Å². The zero-order valence-electron chi connectivity index (χ0n) is 21.8. The number of benzene rings is 2. The highest BCUT2D eigenvalue weighted by Gasteiger charge is 2.21. The fourth-order valence-electron chi connectivity index (χ4n) is 4.13. The van der Waals surface area contributed by atoms with Gasteiger partial charge in [0.25, 0.3) is 0 Å². The van der Waals surface area contributed by atoms with Crippen molar-refractivity contribution in [1.29, 1.82) is 0 Å². The second-order valence-electron chi connectivity index (χ2n) is 7.21. The van der Waals surface area contributed by atoms with Crippen molar-refractivity contribution in [3.05, 3.63) is 64.8 Å². The molecule has 1 aliphatic rings. The van der Waals surface area contributed by atoms with Gasteiger partial charge in [0, 0.05) is 14.3 Å². The van der Waals surface area contributed by atoms with E-state index < -0.39 is 13.7 Å². The lowest BCUT2D eigenvalue weighted by Crippen LogP contribution is -2.30. The summed E-state index contributed by atoms with van der Waals surface area (Å²) in [6, 6.07) is 11.0. The lowest BCUT2D eigenvalue weighted by molar-refractivity contribution is -0.659. The number of nitrogens with zero attached hydrogens (tertiary/aromatic N) is 1. The Morgan fingerprint density at radius 3 is 2.68 bits per heavy atom. The maximum absolute atomic E-state index is 8.54. The van der Waals surface area contributed by atoms with Gasteiger partial charge in [0.15, 0.2) is 6.17 Å². The third kappa shape index (κ3) is 2.86. The van der Waals surface area contributed by atoms with Crippen LogP contribution < -0.4 is 4.57 Å². The Morgan fingerprint density at radius 2 is 1.92 bits per heavy atom. The highest BCUT2D eigenvalue weighted by atomic mass is 14.9. The molecular formula is C24H28N+. The first-order valence-electron chi connectivity index (χ1n) is 12.5. The normalized spacial score (nSPS) is 20.3. The highest BCUT2D eigenvalue weighted by molar-refractivity contribution is 5.94. The number of hydrogen-bond donors (Lipinski definition) is 0.